The second-order valence-corrected chi connectivity index (χ2v) is 15.0. The predicted molar refractivity (Wildman–Crippen MR) is 224 cm³/mol. The van der Waals surface area contributed by atoms with Gasteiger partial charge in [-0.05, 0) is 67.1 Å². The maximum atomic E-state index is 4.25. The third-order valence-electron chi connectivity index (χ3n) is 10.1. The topological polar surface area (TPSA) is 0 Å². The zero-order chi connectivity index (χ0) is 33.3. The highest BCUT2D eigenvalue weighted by Crippen LogP contribution is 2.50. The van der Waals surface area contributed by atoms with Gasteiger partial charge in [0.05, 0.1) is 0 Å². The molecule has 234 valence electrons. The molecule has 0 spiro atoms. The lowest BCUT2D eigenvalue weighted by Gasteiger charge is -2.18. The molecular formula is C48H30S2. The maximum Gasteiger partial charge on any atom is 0.0441 e. The molecule has 2 aromatic heterocycles. The van der Waals surface area contributed by atoms with Gasteiger partial charge in [-0.2, -0.15) is 0 Å². The van der Waals surface area contributed by atoms with E-state index in [0.717, 1.165) is 11.1 Å². The molecule has 10 rings (SSSR count). The Morgan fingerprint density at radius 1 is 0.460 bits per heavy atom. The van der Waals surface area contributed by atoms with E-state index in [1.165, 1.54) is 94.9 Å². The summed E-state index contributed by atoms with van der Waals surface area (Å²) in [5.74, 6) is 0. The van der Waals surface area contributed by atoms with Gasteiger partial charge in [0.2, 0.25) is 0 Å². The maximum absolute atomic E-state index is 4.25. The van der Waals surface area contributed by atoms with Gasteiger partial charge >= 0.3 is 0 Å². The first-order chi connectivity index (χ1) is 24.7. The van der Waals surface area contributed by atoms with Crippen LogP contribution in [0.4, 0.5) is 0 Å². The smallest absolute Gasteiger partial charge is 0.0441 e. The molecule has 0 nitrogen and oxygen atoms in total. The minimum atomic E-state index is 0.971. The van der Waals surface area contributed by atoms with Crippen LogP contribution in [0.15, 0.2) is 171 Å². The summed E-state index contributed by atoms with van der Waals surface area (Å²) < 4.78 is 5.43. The first kappa shape index (κ1) is 29.1. The van der Waals surface area contributed by atoms with Crippen LogP contribution in [-0.2, 0) is 0 Å². The van der Waals surface area contributed by atoms with Gasteiger partial charge in [0, 0.05) is 51.1 Å². The Morgan fingerprint density at radius 3 is 1.50 bits per heavy atom. The lowest BCUT2D eigenvalue weighted by Crippen LogP contribution is -1.91. The highest BCUT2D eigenvalue weighted by Gasteiger charge is 2.20. The monoisotopic (exact) mass is 670 g/mol. The summed E-state index contributed by atoms with van der Waals surface area (Å²) in [7, 11) is 0. The fourth-order valence-corrected chi connectivity index (χ4v) is 10.5. The van der Waals surface area contributed by atoms with E-state index in [0.29, 0.717) is 0 Å². The summed E-state index contributed by atoms with van der Waals surface area (Å²) in [5, 5.41) is 13.2. The van der Waals surface area contributed by atoms with Gasteiger partial charge in [-0.25, -0.2) is 0 Å². The van der Waals surface area contributed by atoms with Crippen molar-refractivity contribution in [1.29, 1.82) is 0 Å². The Morgan fingerprint density at radius 2 is 0.920 bits per heavy atom. The van der Waals surface area contributed by atoms with Crippen LogP contribution in [0.3, 0.4) is 0 Å². The number of allylic oxidation sites excluding steroid dienone is 4. The van der Waals surface area contributed by atoms with Crippen LogP contribution in [0, 0.1) is 0 Å². The third-order valence-corrected chi connectivity index (χ3v) is 12.5. The van der Waals surface area contributed by atoms with Gasteiger partial charge in [0.25, 0.3) is 0 Å². The van der Waals surface area contributed by atoms with Crippen molar-refractivity contribution in [2.24, 2.45) is 0 Å². The molecule has 0 aliphatic carbocycles. The molecule has 0 N–H and O–H groups in total. The van der Waals surface area contributed by atoms with Crippen LogP contribution in [0.1, 0.15) is 5.56 Å². The Bertz CT molecular complexity index is 3000. The summed E-state index contributed by atoms with van der Waals surface area (Å²) in [5.41, 5.74) is 7.08. The highest BCUT2D eigenvalue weighted by atomic mass is 32.1. The number of thiophene rings is 2. The predicted octanol–water partition coefficient (Wildman–Crippen LogP) is 15.0. The molecule has 0 aliphatic rings. The molecule has 0 radical (unpaired) electrons. The Hall–Kier alpha value is -5.80. The molecule has 0 aliphatic heterocycles. The van der Waals surface area contributed by atoms with E-state index in [1.807, 2.05) is 34.8 Å². The minimum Gasteiger partial charge on any atom is -0.135 e. The molecule has 0 atom stereocenters. The molecule has 0 amide bonds. The fraction of sp³-hybridized carbons (Fsp3) is 0. The first-order valence-corrected chi connectivity index (χ1v) is 18.5. The molecule has 0 unspecified atom stereocenters. The second-order valence-electron chi connectivity index (χ2n) is 12.9. The lowest BCUT2D eigenvalue weighted by molar-refractivity contribution is 1.61. The van der Waals surface area contributed by atoms with Crippen molar-refractivity contribution in [3.05, 3.63) is 176 Å². The van der Waals surface area contributed by atoms with Crippen LogP contribution >= 0.6 is 22.7 Å². The van der Waals surface area contributed by atoms with Gasteiger partial charge < -0.3 is 0 Å². The number of fused-ring (bicyclic) bond motifs is 12. The van der Waals surface area contributed by atoms with Crippen molar-refractivity contribution in [2.75, 3.05) is 0 Å². The lowest BCUT2D eigenvalue weighted by atomic mass is 9.85. The van der Waals surface area contributed by atoms with Crippen molar-refractivity contribution in [1.82, 2.24) is 0 Å². The molecule has 10 aromatic rings. The molecule has 2 heteroatoms. The van der Waals surface area contributed by atoms with Crippen LogP contribution in [-0.4, -0.2) is 0 Å². The zero-order valence-electron chi connectivity index (χ0n) is 27.2. The molecule has 0 fully saturated rings. The Balaban J connectivity index is 1.23. The van der Waals surface area contributed by atoms with Gasteiger partial charge in [-0.1, -0.05) is 159 Å². The Labute approximate surface area is 298 Å². The minimum absolute atomic E-state index is 0.971. The molecule has 0 saturated carbocycles. The molecular weight excluding hydrogens is 641 g/mol. The van der Waals surface area contributed by atoms with Crippen molar-refractivity contribution < 1.29 is 0 Å². The molecule has 50 heavy (non-hydrogen) atoms. The third kappa shape index (κ3) is 4.29. The van der Waals surface area contributed by atoms with E-state index in [1.54, 1.807) is 6.08 Å². The van der Waals surface area contributed by atoms with Crippen LogP contribution in [0.5, 0.6) is 0 Å². The summed E-state index contributed by atoms with van der Waals surface area (Å²) in [6, 6.07) is 51.7. The average molecular weight is 671 g/mol. The van der Waals surface area contributed by atoms with Crippen LogP contribution < -0.4 is 0 Å². The first-order valence-electron chi connectivity index (χ1n) is 16.9. The zero-order valence-corrected chi connectivity index (χ0v) is 28.9. The van der Waals surface area contributed by atoms with Crippen molar-refractivity contribution in [3.63, 3.8) is 0 Å². The van der Waals surface area contributed by atoms with Crippen LogP contribution in [0.2, 0.25) is 0 Å². The standard InChI is InChI=1S/C48H30S2/c1-3-4-13-29(2)30-22-24-31(25-23-30)43-33-14-5-7-16-35(33)44(36-17-8-6-15-34(36)43)32-26-27-40-42(28-32)50-48-38-19-10-9-18-37(38)47-45(46(40)48)39-20-11-12-21-41(39)49-47/h3-28H,1-2H2/b13-4-. The number of hydrogen-bond donors (Lipinski definition) is 0. The van der Waals surface area contributed by atoms with E-state index >= 15 is 0 Å². The highest BCUT2D eigenvalue weighted by molar-refractivity contribution is 7.29. The van der Waals surface area contributed by atoms with Crippen molar-refractivity contribution in [2.45, 2.75) is 0 Å². The van der Waals surface area contributed by atoms with Gasteiger partial charge in [0.15, 0.2) is 0 Å². The quantitative estimate of drug-likeness (QED) is 0.126. The van der Waals surface area contributed by atoms with Gasteiger partial charge in [-0.3, -0.25) is 0 Å². The summed E-state index contributed by atoms with van der Waals surface area (Å²) in [6.45, 7) is 8.05. The van der Waals surface area contributed by atoms with Gasteiger partial charge in [-0.15, -0.1) is 22.7 Å². The van der Waals surface area contributed by atoms with E-state index in [2.05, 4.69) is 153 Å². The largest absolute Gasteiger partial charge is 0.135 e. The molecule has 0 bridgehead atoms. The van der Waals surface area contributed by atoms with E-state index in [4.69, 9.17) is 0 Å². The van der Waals surface area contributed by atoms with E-state index in [-0.39, 0.29) is 0 Å². The molecule has 2 heterocycles. The number of rotatable bonds is 5. The molecule has 0 saturated heterocycles. The van der Waals surface area contributed by atoms with Crippen molar-refractivity contribution in [3.8, 4) is 22.3 Å². The van der Waals surface area contributed by atoms with Gasteiger partial charge in [0.1, 0.15) is 0 Å². The normalized spacial score (nSPS) is 12.1. The summed E-state index contributed by atoms with van der Waals surface area (Å²) >= 11 is 3.85. The average Bonchev–Trinajstić information content (AvgIpc) is 3.75. The summed E-state index contributed by atoms with van der Waals surface area (Å²) in [6.07, 6.45) is 5.71. The molecule has 8 aromatic carbocycles. The van der Waals surface area contributed by atoms with Crippen molar-refractivity contribution >= 4 is 101 Å². The van der Waals surface area contributed by atoms with E-state index in [9.17, 15) is 0 Å². The SMILES string of the molecule is C=C/C=C\C(=C)c1ccc(-c2c3ccccc3c(-c3ccc4c(c3)sc3c5ccccc5c5sc6ccccc6c5c43)c3ccccc23)cc1. The second kappa shape index (κ2) is 11.4. The fourth-order valence-electron chi connectivity index (χ4n) is 7.93. The number of benzene rings is 8. The van der Waals surface area contributed by atoms with Crippen LogP contribution in [0.25, 0.3) is 100 Å². The summed E-state index contributed by atoms with van der Waals surface area (Å²) in [4.78, 5) is 0. The number of hydrogen-bond acceptors (Lipinski definition) is 2. The Kier molecular flexibility index (Phi) is 6.64. The van der Waals surface area contributed by atoms with E-state index < -0.39 is 0 Å².